The summed E-state index contributed by atoms with van der Waals surface area (Å²) in [6.45, 7) is -0.287. The fourth-order valence-electron chi connectivity index (χ4n) is 2.78. The number of carbonyl (C=O) groups is 2. The van der Waals surface area contributed by atoms with E-state index >= 15 is 0 Å². The molecular weight excluding hydrogens is 380 g/mol. The lowest BCUT2D eigenvalue weighted by Crippen LogP contribution is -2.35. The van der Waals surface area contributed by atoms with E-state index in [1.165, 1.54) is 6.20 Å². The van der Waals surface area contributed by atoms with Crippen LogP contribution in [0.1, 0.15) is 10.4 Å². The van der Waals surface area contributed by atoms with Gasteiger partial charge in [0.1, 0.15) is 5.56 Å². The van der Waals surface area contributed by atoms with Gasteiger partial charge in [0.05, 0.1) is 17.9 Å². The van der Waals surface area contributed by atoms with Crippen molar-refractivity contribution in [1.82, 2.24) is 10.3 Å². The van der Waals surface area contributed by atoms with Gasteiger partial charge in [-0.2, -0.15) is 0 Å². The molecule has 0 aliphatic carbocycles. The maximum Gasteiger partial charge on any atom is 0.257 e. The normalized spacial score (nSPS) is 10.5. The van der Waals surface area contributed by atoms with E-state index in [-0.39, 0.29) is 12.1 Å². The van der Waals surface area contributed by atoms with Crippen LogP contribution in [0.5, 0.6) is 0 Å². The van der Waals surface area contributed by atoms with Gasteiger partial charge in [-0.15, -0.1) is 0 Å². The van der Waals surface area contributed by atoms with Crippen molar-refractivity contribution < 1.29 is 9.59 Å². The van der Waals surface area contributed by atoms with Crippen LogP contribution in [-0.4, -0.2) is 37.4 Å². The van der Waals surface area contributed by atoms with Gasteiger partial charge < -0.3 is 20.5 Å². The standard InChI is InChI=1S/C20H19ClN4O3/c1-25(2)17-8-7-12(21)9-16(17)24-18(26)11-23-20(28)14-10-22-15-6-4-3-5-13(15)19(14)27/h3-10H,11H2,1-2H3,(H,22,27)(H,23,28)(H,24,26). The van der Waals surface area contributed by atoms with Crippen molar-refractivity contribution in [3.63, 3.8) is 0 Å². The molecule has 0 aliphatic rings. The van der Waals surface area contributed by atoms with Crippen LogP contribution in [-0.2, 0) is 4.79 Å². The Morgan fingerprint density at radius 2 is 1.89 bits per heavy atom. The molecule has 144 valence electrons. The predicted octanol–water partition coefficient (Wildman–Crippen LogP) is 2.62. The summed E-state index contributed by atoms with van der Waals surface area (Å²) in [5.74, 6) is -1.06. The highest BCUT2D eigenvalue weighted by atomic mass is 35.5. The van der Waals surface area contributed by atoms with Crippen LogP contribution in [0.25, 0.3) is 10.9 Å². The molecule has 3 aromatic rings. The second-order valence-corrected chi connectivity index (χ2v) is 6.80. The van der Waals surface area contributed by atoms with Gasteiger partial charge in [0, 0.05) is 36.2 Å². The lowest BCUT2D eigenvalue weighted by molar-refractivity contribution is -0.115. The molecule has 2 aromatic carbocycles. The Bertz CT molecular complexity index is 1110. The number of hydrogen-bond donors (Lipinski definition) is 3. The maximum atomic E-state index is 12.5. The number of aromatic nitrogens is 1. The zero-order chi connectivity index (χ0) is 20.3. The fourth-order valence-corrected chi connectivity index (χ4v) is 2.96. The second kappa shape index (κ2) is 8.14. The fraction of sp³-hybridized carbons (Fsp3) is 0.150. The number of nitrogens with one attached hydrogen (secondary N) is 3. The Morgan fingerprint density at radius 3 is 2.64 bits per heavy atom. The molecule has 0 unspecified atom stereocenters. The van der Waals surface area contributed by atoms with Crippen molar-refractivity contribution in [3.8, 4) is 0 Å². The zero-order valence-electron chi connectivity index (χ0n) is 15.4. The summed E-state index contributed by atoms with van der Waals surface area (Å²) in [5, 5.41) is 6.08. The van der Waals surface area contributed by atoms with Gasteiger partial charge >= 0.3 is 0 Å². The number of anilines is 2. The summed E-state index contributed by atoms with van der Waals surface area (Å²) < 4.78 is 0. The van der Waals surface area contributed by atoms with Crippen molar-refractivity contribution in [2.75, 3.05) is 30.9 Å². The first-order valence-electron chi connectivity index (χ1n) is 8.52. The lowest BCUT2D eigenvalue weighted by atomic mass is 10.1. The molecule has 7 nitrogen and oxygen atoms in total. The van der Waals surface area contributed by atoms with Crippen LogP contribution < -0.4 is 21.0 Å². The minimum atomic E-state index is -0.624. The van der Waals surface area contributed by atoms with Crippen molar-refractivity contribution >= 4 is 45.7 Å². The number of nitrogens with zero attached hydrogens (tertiary/aromatic N) is 1. The number of amides is 2. The van der Waals surface area contributed by atoms with Crippen LogP contribution in [0.4, 0.5) is 11.4 Å². The highest BCUT2D eigenvalue weighted by Gasteiger charge is 2.15. The molecule has 0 radical (unpaired) electrons. The molecule has 1 aromatic heterocycles. The third-order valence-corrected chi connectivity index (χ3v) is 4.39. The van der Waals surface area contributed by atoms with Gasteiger partial charge in [0.25, 0.3) is 5.91 Å². The summed E-state index contributed by atoms with van der Waals surface area (Å²) in [4.78, 5) is 41.8. The molecule has 1 heterocycles. The Morgan fingerprint density at radius 1 is 1.14 bits per heavy atom. The molecule has 0 bridgehead atoms. The van der Waals surface area contributed by atoms with Gasteiger partial charge in [-0.25, -0.2) is 0 Å². The zero-order valence-corrected chi connectivity index (χ0v) is 16.1. The predicted molar refractivity (Wildman–Crippen MR) is 111 cm³/mol. The van der Waals surface area contributed by atoms with Gasteiger partial charge in [0.2, 0.25) is 11.3 Å². The largest absolute Gasteiger partial charge is 0.376 e. The minimum Gasteiger partial charge on any atom is -0.376 e. The second-order valence-electron chi connectivity index (χ2n) is 6.36. The topological polar surface area (TPSA) is 94.3 Å². The number of H-pyrrole nitrogens is 1. The van der Waals surface area contributed by atoms with Crippen LogP contribution in [0.3, 0.4) is 0 Å². The molecule has 0 spiro atoms. The van der Waals surface area contributed by atoms with E-state index in [4.69, 9.17) is 11.6 Å². The number of rotatable bonds is 5. The molecule has 8 heteroatoms. The van der Waals surface area contributed by atoms with Crippen molar-refractivity contribution in [1.29, 1.82) is 0 Å². The van der Waals surface area contributed by atoms with E-state index in [0.29, 0.717) is 21.6 Å². The Kier molecular flexibility index (Phi) is 5.65. The van der Waals surface area contributed by atoms with Crippen LogP contribution in [0, 0.1) is 0 Å². The average Bonchev–Trinajstić information content (AvgIpc) is 2.66. The molecule has 0 fully saturated rings. The lowest BCUT2D eigenvalue weighted by Gasteiger charge is -2.18. The number of hydrogen-bond acceptors (Lipinski definition) is 4. The van der Waals surface area contributed by atoms with Crippen LogP contribution in [0.15, 0.2) is 53.5 Å². The quantitative estimate of drug-likeness (QED) is 0.615. The third kappa shape index (κ3) is 4.15. The first-order chi connectivity index (χ1) is 13.4. The van der Waals surface area contributed by atoms with Gasteiger partial charge in [-0.05, 0) is 30.3 Å². The number of aromatic amines is 1. The van der Waals surface area contributed by atoms with Crippen LogP contribution >= 0.6 is 11.6 Å². The Hall–Kier alpha value is -3.32. The first-order valence-corrected chi connectivity index (χ1v) is 8.90. The summed E-state index contributed by atoms with van der Waals surface area (Å²) in [6.07, 6.45) is 1.35. The number of pyridine rings is 1. The molecule has 3 N–H and O–H groups in total. The monoisotopic (exact) mass is 398 g/mol. The van der Waals surface area contributed by atoms with Gasteiger partial charge in [-0.1, -0.05) is 23.7 Å². The van der Waals surface area contributed by atoms with Crippen molar-refractivity contribution in [3.05, 3.63) is 69.5 Å². The molecule has 0 saturated carbocycles. The number of para-hydroxylation sites is 1. The van der Waals surface area contributed by atoms with E-state index in [9.17, 15) is 14.4 Å². The van der Waals surface area contributed by atoms with E-state index in [1.54, 1.807) is 42.5 Å². The van der Waals surface area contributed by atoms with Crippen LogP contribution in [0.2, 0.25) is 5.02 Å². The SMILES string of the molecule is CN(C)c1ccc(Cl)cc1NC(=O)CNC(=O)c1c[nH]c2ccccc2c1=O. The number of benzene rings is 2. The summed E-state index contributed by atoms with van der Waals surface area (Å²) in [5.41, 5.74) is 1.49. The van der Waals surface area contributed by atoms with E-state index < -0.39 is 17.2 Å². The Labute approximate surface area is 166 Å². The van der Waals surface area contributed by atoms with E-state index in [1.807, 2.05) is 19.0 Å². The average molecular weight is 399 g/mol. The van der Waals surface area contributed by atoms with E-state index in [0.717, 1.165) is 5.69 Å². The molecule has 0 saturated heterocycles. The molecule has 0 atom stereocenters. The van der Waals surface area contributed by atoms with Crippen molar-refractivity contribution in [2.24, 2.45) is 0 Å². The van der Waals surface area contributed by atoms with Gasteiger partial charge in [0.15, 0.2) is 0 Å². The van der Waals surface area contributed by atoms with Gasteiger partial charge in [-0.3, -0.25) is 14.4 Å². The first kappa shape index (κ1) is 19.4. The molecule has 0 aliphatic heterocycles. The van der Waals surface area contributed by atoms with E-state index in [2.05, 4.69) is 15.6 Å². The molecule has 28 heavy (non-hydrogen) atoms. The Balaban J connectivity index is 1.70. The third-order valence-electron chi connectivity index (χ3n) is 4.16. The summed E-state index contributed by atoms with van der Waals surface area (Å²) in [7, 11) is 3.68. The highest BCUT2D eigenvalue weighted by molar-refractivity contribution is 6.31. The maximum absolute atomic E-state index is 12.5. The smallest absolute Gasteiger partial charge is 0.257 e. The summed E-state index contributed by atoms with van der Waals surface area (Å²) >= 11 is 6.00. The number of halogens is 1. The molecule has 3 rings (SSSR count). The highest BCUT2D eigenvalue weighted by Crippen LogP contribution is 2.27. The van der Waals surface area contributed by atoms with Crippen molar-refractivity contribution in [2.45, 2.75) is 0 Å². The summed E-state index contributed by atoms with van der Waals surface area (Å²) in [6, 6.07) is 12.0. The number of fused-ring (bicyclic) bond motifs is 1. The minimum absolute atomic E-state index is 0.0526. The molecular formula is C20H19ClN4O3. The number of carbonyl (C=O) groups excluding carboxylic acids is 2. The molecule has 2 amide bonds.